The first-order valence-corrected chi connectivity index (χ1v) is 5.68. The van der Waals surface area contributed by atoms with E-state index in [1.54, 1.807) is 26.8 Å². The molecule has 0 fully saturated rings. The fourth-order valence-corrected chi connectivity index (χ4v) is 1.41. The van der Waals surface area contributed by atoms with Crippen molar-refractivity contribution in [3.63, 3.8) is 0 Å². The van der Waals surface area contributed by atoms with Gasteiger partial charge in [0.25, 0.3) is 0 Å². The lowest BCUT2D eigenvalue weighted by Crippen LogP contribution is -2.38. The number of ether oxygens (including phenoxy) is 1. The highest BCUT2D eigenvalue weighted by atomic mass is 16.6. The monoisotopic (exact) mass is 253 g/mol. The highest BCUT2D eigenvalue weighted by Gasteiger charge is 2.22. The van der Waals surface area contributed by atoms with Gasteiger partial charge >= 0.3 is 5.97 Å². The predicted octanol–water partition coefficient (Wildman–Crippen LogP) is 1.31. The normalized spacial score (nSPS) is 13.1. The number of hydrogen-bond donors (Lipinski definition) is 3. The number of rotatable bonds is 3. The van der Waals surface area contributed by atoms with Crippen LogP contribution >= 0.6 is 0 Å². The molecule has 1 unspecified atom stereocenters. The Balaban J connectivity index is 2.66. The molecule has 0 aromatic heterocycles. The Morgan fingerprint density at radius 3 is 2.44 bits per heavy atom. The van der Waals surface area contributed by atoms with Crippen LogP contribution in [0, 0.1) is 0 Å². The molecular weight excluding hydrogens is 234 g/mol. The summed E-state index contributed by atoms with van der Waals surface area (Å²) in [6.07, 6.45) is 0.239. The summed E-state index contributed by atoms with van der Waals surface area (Å²) in [7, 11) is 0. The van der Waals surface area contributed by atoms with Gasteiger partial charge < -0.3 is 20.7 Å². The minimum absolute atomic E-state index is 0.204. The Labute approximate surface area is 106 Å². The van der Waals surface area contributed by atoms with Gasteiger partial charge in [0.15, 0.2) is 11.5 Å². The van der Waals surface area contributed by atoms with E-state index in [-0.39, 0.29) is 17.9 Å². The third-order valence-corrected chi connectivity index (χ3v) is 2.20. The fourth-order valence-electron chi connectivity index (χ4n) is 1.41. The summed E-state index contributed by atoms with van der Waals surface area (Å²) >= 11 is 0. The van der Waals surface area contributed by atoms with Crippen molar-refractivity contribution in [1.29, 1.82) is 0 Å². The molecule has 0 aliphatic carbocycles. The van der Waals surface area contributed by atoms with Crippen molar-refractivity contribution in [3.05, 3.63) is 23.8 Å². The van der Waals surface area contributed by atoms with Gasteiger partial charge in [-0.15, -0.1) is 0 Å². The molecule has 1 aromatic rings. The number of aromatic hydroxyl groups is 2. The van der Waals surface area contributed by atoms with Crippen LogP contribution in [-0.4, -0.2) is 27.8 Å². The van der Waals surface area contributed by atoms with Crippen LogP contribution in [0.15, 0.2) is 18.2 Å². The smallest absolute Gasteiger partial charge is 0.323 e. The molecule has 0 aliphatic heterocycles. The summed E-state index contributed by atoms with van der Waals surface area (Å²) in [4.78, 5) is 11.7. The van der Waals surface area contributed by atoms with Gasteiger partial charge in [-0.25, -0.2) is 0 Å². The summed E-state index contributed by atoms with van der Waals surface area (Å²) < 4.78 is 5.15. The molecule has 0 saturated heterocycles. The minimum atomic E-state index is -0.798. The maximum atomic E-state index is 11.7. The average molecular weight is 253 g/mol. The topological polar surface area (TPSA) is 92.8 Å². The molecule has 4 N–H and O–H groups in total. The summed E-state index contributed by atoms with van der Waals surface area (Å²) in [5, 5.41) is 18.5. The SMILES string of the molecule is CC(C)(C)OC(=O)C(N)Cc1ccc(O)c(O)c1. The number of phenols is 2. The summed E-state index contributed by atoms with van der Waals surface area (Å²) in [6.45, 7) is 5.30. The maximum absolute atomic E-state index is 11.7. The molecule has 0 radical (unpaired) electrons. The van der Waals surface area contributed by atoms with Crippen LogP contribution in [0.1, 0.15) is 26.3 Å². The van der Waals surface area contributed by atoms with Gasteiger partial charge in [-0.2, -0.15) is 0 Å². The fraction of sp³-hybridized carbons (Fsp3) is 0.462. The summed E-state index contributed by atoms with van der Waals surface area (Å²) in [5.74, 6) is -0.927. The van der Waals surface area contributed by atoms with Crippen LogP contribution < -0.4 is 5.73 Å². The van der Waals surface area contributed by atoms with E-state index in [2.05, 4.69) is 0 Å². The molecule has 0 spiro atoms. The number of phenolic OH excluding ortho intramolecular Hbond substituents is 2. The molecule has 0 amide bonds. The second kappa shape index (κ2) is 5.27. The lowest BCUT2D eigenvalue weighted by atomic mass is 10.1. The second-order valence-electron chi connectivity index (χ2n) is 5.17. The quantitative estimate of drug-likeness (QED) is 0.558. The third-order valence-electron chi connectivity index (χ3n) is 2.20. The van der Waals surface area contributed by atoms with Gasteiger partial charge in [0, 0.05) is 0 Å². The molecule has 5 heteroatoms. The molecule has 18 heavy (non-hydrogen) atoms. The lowest BCUT2D eigenvalue weighted by Gasteiger charge is -2.22. The van der Waals surface area contributed by atoms with Crippen molar-refractivity contribution in [2.45, 2.75) is 38.8 Å². The summed E-state index contributed by atoms with van der Waals surface area (Å²) in [5.41, 5.74) is 5.80. The molecule has 1 rings (SSSR count). The largest absolute Gasteiger partial charge is 0.504 e. The number of hydrogen-bond acceptors (Lipinski definition) is 5. The van der Waals surface area contributed by atoms with Gasteiger partial charge in [0.05, 0.1) is 0 Å². The Morgan fingerprint density at radius 2 is 1.94 bits per heavy atom. The van der Waals surface area contributed by atoms with Crippen LogP contribution in [0.25, 0.3) is 0 Å². The van der Waals surface area contributed by atoms with E-state index in [1.807, 2.05) is 0 Å². The first kappa shape index (κ1) is 14.3. The highest BCUT2D eigenvalue weighted by molar-refractivity contribution is 5.76. The van der Waals surface area contributed by atoms with Gasteiger partial charge in [0.2, 0.25) is 0 Å². The van der Waals surface area contributed by atoms with Gasteiger partial charge in [-0.3, -0.25) is 4.79 Å². The first-order valence-electron chi connectivity index (χ1n) is 5.68. The van der Waals surface area contributed by atoms with Crippen LogP contribution in [0.5, 0.6) is 11.5 Å². The van der Waals surface area contributed by atoms with E-state index in [9.17, 15) is 9.90 Å². The average Bonchev–Trinajstić information content (AvgIpc) is 2.21. The number of carbonyl (C=O) groups is 1. The molecule has 0 aliphatic rings. The molecular formula is C13H19NO4. The molecule has 100 valence electrons. The Hall–Kier alpha value is -1.75. The van der Waals surface area contributed by atoms with Crippen molar-refractivity contribution < 1.29 is 19.7 Å². The zero-order chi connectivity index (χ0) is 13.9. The Bertz CT molecular complexity index is 437. The van der Waals surface area contributed by atoms with Crippen LogP contribution in [-0.2, 0) is 16.0 Å². The van der Waals surface area contributed by atoms with Gasteiger partial charge in [-0.05, 0) is 44.9 Å². The minimum Gasteiger partial charge on any atom is -0.504 e. The van der Waals surface area contributed by atoms with Crippen molar-refractivity contribution >= 4 is 5.97 Å². The van der Waals surface area contributed by atoms with E-state index >= 15 is 0 Å². The molecule has 1 aromatic carbocycles. The number of esters is 1. The van der Waals surface area contributed by atoms with Gasteiger partial charge in [-0.1, -0.05) is 6.07 Å². The van der Waals surface area contributed by atoms with Crippen LogP contribution in [0.3, 0.4) is 0 Å². The van der Waals surface area contributed by atoms with Crippen LogP contribution in [0.4, 0.5) is 0 Å². The van der Waals surface area contributed by atoms with Crippen LogP contribution in [0.2, 0.25) is 0 Å². The number of benzene rings is 1. The molecule has 0 bridgehead atoms. The standard InChI is InChI=1S/C13H19NO4/c1-13(2,3)18-12(17)9(14)6-8-4-5-10(15)11(16)7-8/h4-5,7,9,15-16H,6,14H2,1-3H3. The third kappa shape index (κ3) is 4.25. The molecule has 5 nitrogen and oxygen atoms in total. The second-order valence-corrected chi connectivity index (χ2v) is 5.17. The Kier molecular flexibility index (Phi) is 4.19. The van der Waals surface area contributed by atoms with Crippen molar-refractivity contribution in [2.75, 3.05) is 0 Å². The highest BCUT2D eigenvalue weighted by Crippen LogP contribution is 2.25. The summed E-state index contributed by atoms with van der Waals surface area (Å²) in [6, 6.07) is 3.53. The molecule has 0 saturated carbocycles. The lowest BCUT2D eigenvalue weighted by molar-refractivity contribution is -0.156. The Morgan fingerprint density at radius 1 is 1.33 bits per heavy atom. The number of nitrogens with two attached hydrogens (primary N) is 1. The van der Waals surface area contributed by atoms with E-state index in [4.69, 9.17) is 15.6 Å². The van der Waals surface area contributed by atoms with E-state index in [1.165, 1.54) is 12.1 Å². The van der Waals surface area contributed by atoms with E-state index in [0.717, 1.165) is 0 Å². The first-order chi connectivity index (χ1) is 8.19. The zero-order valence-electron chi connectivity index (χ0n) is 10.8. The zero-order valence-corrected chi connectivity index (χ0v) is 10.8. The van der Waals surface area contributed by atoms with E-state index in [0.29, 0.717) is 5.56 Å². The predicted molar refractivity (Wildman–Crippen MR) is 67.3 cm³/mol. The molecule has 1 atom stereocenters. The van der Waals surface area contributed by atoms with Crippen molar-refractivity contribution in [1.82, 2.24) is 0 Å². The van der Waals surface area contributed by atoms with Crippen molar-refractivity contribution in [2.24, 2.45) is 5.73 Å². The van der Waals surface area contributed by atoms with Crippen molar-refractivity contribution in [3.8, 4) is 11.5 Å². The van der Waals surface area contributed by atoms with Gasteiger partial charge in [0.1, 0.15) is 11.6 Å². The number of carbonyl (C=O) groups excluding carboxylic acids is 1. The molecule has 0 heterocycles. The van der Waals surface area contributed by atoms with E-state index < -0.39 is 17.6 Å². The maximum Gasteiger partial charge on any atom is 0.323 e.